The van der Waals surface area contributed by atoms with Crippen LogP contribution in [0.15, 0.2) is 46.8 Å². The van der Waals surface area contributed by atoms with E-state index in [1.807, 2.05) is 6.92 Å². The van der Waals surface area contributed by atoms with Crippen LogP contribution in [0, 0.1) is 11.8 Å². The summed E-state index contributed by atoms with van der Waals surface area (Å²) >= 11 is 6.23. The molecule has 1 aliphatic heterocycles. The van der Waals surface area contributed by atoms with Gasteiger partial charge < -0.3 is 19.5 Å². The molecular formula is C23H26ClNO6. The van der Waals surface area contributed by atoms with Gasteiger partial charge in [-0.1, -0.05) is 30.7 Å². The minimum atomic E-state index is -0.934. The smallest absolute Gasteiger partial charge is 0.336 e. The Morgan fingerprint density at radius 2 is 1.97 bits per heavy atom. The summed E-state index contributed by atoms with van der Waals surface area (Å²) in [5.74, 6) is -3.38. The van der Waals surface area contributed by atoms with E-state index in [0.717, 1.165) is 0 Å². The predicted octanol–water partition coefficient (Wildman–Crippen LogP) is 3.14. The van der Waals surface area contributed by atoms with Crippen LogP contribution in [0.4, 0.5) is 0 Å². The van der Waals surface area contributed by atoms with Gasteiger partial charge in [0.2, 0.25) is 0 Å². The van der Waals surface area contributed by atoms with Crippen molar-refractivity contribution in [2.45, 2.75) is 26.2 Å². The lowest BCUT2D eigenvalue weighted by molar-refractivity contribution is -0.151. The van der Waals surface area contributed by atoms with Gasteiger partial charge in [-0.3, -0.25) is 9.59 Å². The SMILES string of the molecule is COCCOC(=O)C1=C(C)NC2=C(C(=O)[C@@H](C(=O)OC)[C@@H](C)C2)[C@@H]1c1cccc(Cl)c1. The minimum absolute atomic E-state index is 0.0794. The molecule has 0 fully saturated rings. The first-order chi connectivity index (χ1) is 14.8. The molecule has 0 amide bonds. The standard InChI is InChI=1S/C23H26ClNO6/c1-12-10-16-20(21(26)17(12)22(27)30-4)19(14-6-5-7-15(24)11-14)18(13(2)25-16)23(28)31-9-8-29-3/h5-7,11-12,17,19,25H,8-10H2,1-4H3/t12-,17-,19+/m0/s1. The molecule has 1 heterocycles. The zero-order valence-corrected chi connectivity index (χ0v) is 18.7. The van der Waals surface area contributed by atoms with Gasteiger partial charge in [0.25, 0.3) is 0 Å². The molecule has 1 aromatic carbocycles. The van der Waals surface area contributed by atoms with E-state index in [1.165, 1.54) is 14.2 Å². The third-order valence-electron chi connectivity index (χ3n) is 5.67. The second-order valence-electron chi connectivity index (χ2n) is 7.72. The highest BCUT2D eigenvalue weighted by Gasteiger charge is 2.47. The fourth-order valence-electron chi connectivity index (χ4n) is 4.27. The van der Waals surface area contributed by atoms with Gasteiger partial charge >= 0.3 is 11.9 Å². The van der Waals surface area contributed by atoms with E-state index in [0.29, 0.717) is 39.5 Å². The number of dihydropyridines is 1. The monoisotopic (exact) mass is 447 g/mol. The van der Waals surface area contributed by atoms with Crippen LogP contribution in [0.2, 0.25) is 5.02 Å². The van der Waals surface area contributed by atoms with Crippen LogP contribution >= 0.6 is 11.6 Å². The van der Waals surface area contributed by atoms with Crippen molar-refractivity contribution in [1.29, 1.82) is 0 Å². The molecule has 0 unspecified atom stereocenters. The average Bonchev–Trinajstić information content (AvgIpc) is 2.72. The number of methoxy groups -OCH3 is 2. The summed E-state index contributed by atoms with van der Waals surface area (Å²) in [6, 6.07) is 7.00. The zero-order chi connectivity index (χ0) is 22.7. The predicted molar refractivity (Wildman–Crippen MR) is 114 cm³/mol. The molecule has 3 rings (SSSR count). The van der Waals surface area contributed by atoms with Gasteiger partial charge in [0, 0.05) is 35.0 Å². The van der Waals surface area contributed by atoms with Crippen molar-refractivity contribution in [3.05, 3.63) is 57.4 Å². The largest absolute Gasteiger partial charge is 0.468 e. The Hall–Kier alpha value is -2.64. The number of halogens is 1. The second kappa shape index (κ2) is 9.66. The van der Waals surface area contributed by atoms with Crippen molar-refractivity contribution < 1.29 is 28.6 Å². The molecule has 1 aliphatic carbocycles. The van der Waals surface area contributed by atoms with E-state index >= 15 is 0 Å². The van der Waals surface area contributed by atoms with Gasteiger partial charge in [-0.15, -0.1) is 0 Å². The highest BCUT2D eigenvalue weighted by Crippen LogP contribution is 2.45. The van der Waals surface area contributed by atoms with Gasteiger partial charge in [-0.05, 0) is 37.0 Å². The van der Waals surface area contributed by atoms with Gasteiger partial charge in [0.1, 0.15) is 12.5 Å². The molecule has 8 heteroatoms. The van der Waals surface area contributed by atoms with Crippen LogP contribution in [-0.2, 0) is 28.6 Å². The van der Waals surface area contributed by atoms with E-state index in [4.69, 9.17) is 25.8 Å². The molecule has 31 heavy (non-hydrogen) atoms. The van der Waals surface area contributed by atoms with Gasteiger partial charge in [0.05, 0.1) is 19.3 Å². The highest BCUT2D eigenvalue weighted by atomic mass is 35.5. The fourth-order valence-corrected chi connectivity index (χ4v) is 4.46. The van der Waals surface area contributed by atoms with Crippen molar-refractivity contribution in [3.63, 3.8) is 0 Å². The quantitative estimate of drug-likeness (QED) is 0.407. The first kappa shape index (κ1) is 23.0. The molecule has 0 radical (unpaired) electrons. The maximum absolute atomic E-state index is 13.5. The van der Waals surface area contributed by atoms with Crippen LogP contribution in [-0.4, -0.2) is 45.2 Å². The normalized spacial score (nSPS) is 23.3. The number of hydrogen-bond donors (Lipinski definition) is 1. The number of rotatable bonds is 6. The third-order valence-corrected chi connectivity index (χ3v) is 5.90. The first-order valence-corrected chi connectivity index (χ1v) is 10.4. The highest BCUT2D eigenvalue weighted by molar-refractivity contribution is 6.30. The Labute approximate surface area is 186 Å². The van der Waals surface area contributed by atoms with Crippen LogP contribution < -0.4 is 5.32 Å². The lowest BCUT2D eigenvalue weighted by Crippen LogP contribution is -2.43. The Balaban J connectivity index is 2.12. The summed E-state index contributed by atoms with van der Waals surface area (Å²) in [5.41, 5.74) is 2.66. The van der Waals surface area contributed by atoms with E-state index in [-0.39, 0.29) is 24.9 Å². The average molecular weight is 448 g/mol. The summed E-state index contributed by atoms with van der Waals surface area (Å²) < 4.78 is 15.2. The van der Waals surface area contributed by atoms with Crippen LogP contribution in [0.1, 0.15) is 31.7 Å². The van der Waals surface area contributed by atoms with Crippen molar-refractivity contribution in [2.24, 2.45) is 11.8 Å². The molecule has 7 nitrogen and oxygen atoms in total. The lowest BCUT2D eigenvalue weighted by Gasteiger charge is -2.38. The number of nitrogens with one attached hydrogen (secondary N) is 1. The van der Waals surface area contributed by atoms with E-state index in [9.17, 15) is 14.4 Å². The Kier molecular flexibility index (Phi) is 7.18. The third kappa shape index (κ3) is 4.52. The summed E-state index contributed by atoms with van der Waals surface area (Å²) in [4.78, 5) is 39.0. The number of allylic oxidation sites excluding steroid dienone is 3. The number of ether oxygens (including phenoxy) is 3. The zero-order valence-electron chi connectivity index (χ0n) is 18.0. The summed E-state index contributed by atoms with van der Waals surface area (Å²) in [5, 5.41) is 3.69. The number of benzene rings is 1. The van der Waals surface area contributed by atoms with Gasteiger partial charge in [-0.25, -0.2) is 4.79 Å². The number of carbonyl (C=O) groups is 3. The number of ketones is 1. The molecule has 1 aromatic rings. The molecule has 0 saturated heterocycles. The van der Waals surface area contributed by atoms with Crippen molar-refractivity contribution in [3.8, 4) is 0 Å². The maximum Gasteiger partial charge on any atom is 0.336 e. The number of carbonyl (C=O) groups excluding carboxylic acids is 3. The van der Waals surface area contributed by atoms with Gasteiger partial charge in [-0.2, -0.15) is 0 Å². The summed E-state index contributed by atoms with van der Waals surface area (Å²) in [6.07, 6.45) is 0.473. The van der Waals surface area contributed by atoms with E-state index in [2.05, 4.69) is 5.32 Å². The topological polar surface area (TPSA) is 90.9 Å². The first-order valence-electron chi connectivity index (χ1n) is 10.0. The maximum atomic E-state index is 13.5. The molecule has 1 N–H and O–H groups in total. The molecule has 2 aliphatic rings. The molecular weight excluding hydrogens is 422 g/mol. The summed E-state index contributed by atoms with van der Waals surface area (Å²) in [7, 11) is 2.78. The van der Waals surface area contributed by atoms with E-state index < -0.39 is 23.8 Å². The summed E-state index contributed by atoms with van der Waals surface area (Å²) in [6.45, 7) is 3.95. The van der Waals surface area contributed by atoms with Crippen LogP contribution in [0.5, 0.6) is 0 Å². The minimum Gasteiger partial charge on any atom is -0.468 e. The number of esters is 2. The van der Waals surface area contributed by atoms with Crippen LogP contribution in [0.3, 0.4) is 0 Å². The Bertz CT molecular complexity index is 967. The molecule has 0 bridgehead atoms. The van der Waals surface area contributed by atoms with E-state index in [1.54, 1.807) is 31.2 Å². The lowest BCUT2D eigenvalue weighted by atomic mass is 9.69. The molecule has 3 atom stereocenters. The van der Waals surface area contributed by atoms with Crippen molar-refractivity contribution >= 4 is 29.3 Å². The fraction of sp³-hybridized carbons (Fsp3) is 0.435. The second-order valence-corrected chi connectivity index (χ2v) is 8.16. The number of hydrogen-bond acceptors (Lipinski definition) is 7. The molecule has 166 valence electrons. The Morgan fingerprint density at radius 1 is 1.23 bits per heavy atom. The molecule has 0 aromatic heterocycles. The molecule has 0 saturated carbocycles. The van der Waals surface area contributed by atoms with Gasteiger partial charge in [0.15, 0.2) is 5.78 Å². The van der Waals surface area contributed by atoms with Crippen LogP contribution in [0.25, 0.3) is 0 Å². The number of Topliss-reactive ketones (excluding diaryl/α,β-unsaturated/α-hetero) is 1. The Morgan fingerprint density at radius 3 is 2.61 bits per heavy atom. The molecule has 0 spiro atoms. The van der Waals surface area contributed by atoms with Crippen molar-refractivity contribution in [1.82, 2.24) is 5.32 Å². The van der Waals surface area contributed by atoms with Crippen molar-refractivity contribution in [2.75, 3.05) is 27.4 Å².